The molecule has 1 aromatic heterocycles. The molecule has 0 amide bonds. The number of nitrogens with one attached hydrogen (secondary N) is 1. The molecule has 0 aliphatic heterocycles. The van der Waals surface area contributed by atoms with E-state index in [2.05, 4.69) is 16.6 Å². The van der Waals surface area contributed by atoms with E-state index < -0.39 is 5.97 Å². The smallest absolute Gasteiger partial charge is 0.337 e. The van der Waals surface area contributed by atoms with E-state index in [1.165, 1.54) is 4.57 Å². The number of carbonyl (C=O) groups is 1. The average molecular weight is 520 g/mol. The summed E-state index contributed by atoms with van der Waals surface area (Å²) in [4.78, 5) is 28.0. The van der Waals surface area contributed by atoms with E-state index in [0.29, 0.717) is 16.6 Å². The van der Waals surface area contributed by atoms with Gasteiger partial charge in [0, 0.05) is 39.1 Å². The number of hydrogen-bond acceptors (Lipinski definition) is 4. The molecule has 134 valence electrons. The standard InChI is InChI=1S/C19H18N3O3.W/c1-11-8-14(17-15(9-11)18(23)22(3)10-20-17)12(2)21-16-7-5-4-6-13(16)19(24)25;/h4-9,12,21H,1-3H3,(H,24,25);/q-1;. The molecular formula is C19H18N3O3W-. The molecule has 0 fully saturated rings. The van der Waals surface area contributed by atoms with Crippen molar-refractivity contribution < 1.29 is 31.0 Å². The first-order chi connectivity index (χ1) is 11.9. The molecule has 1 atom stereocenters. The number of carboxylic acids is 1. The summed E-state index contributed by atoms with van der Waals surface area (Å²) in [6, 6.07) is 10.2. The van der Waals surface area contributed by atoms with Gasteiger partial charge in [-0.2, -0.15) is 0 Å². The maximum Gasteiger partial charge on any atom is 0.337 e. The number of hydrogen-bond donors (Lipinski definition) is 2. The van der Waals surface area contributed by atoms with Crippen LogP contribution in [0, 0.1) is 13.3 Å². The van der Waals surface area contributed by atoms with Gasteiger partial charge < -0.3 is 24.8 Å². The molecule has 0 spiro atoms. The van der Waals surface area contributed by atoms with Crippen LogP contribution in [0.25, 0.3) is 10.9 Å². The Morgan fingerprint density at radius 1 is 1.31 bits per heavy atom. The van der Waals surface area contributed by atoms with Gasteiger partial charge in [0.1, 0.15) is 5.56 Å². The summed E-state index contributed by atoms with van der Waals surface area (Å²) >= 11 is 0. The van der Waals surface area contributed by atoms with Crippen molar-refractivity contribution in [2.75, 3.05) is 5.32 Å². The van der Waals surface area contributed by atoms with Gasteiger partial charge in [-0.25, -0.2) is 4.79 Å². The summed E-state index contributed by atoms with van der Waals surface area (Å²) in [5.74, 6) is -0.996. The Labute approximate surface area is 165 Å². The molecule has 1 unspecified atom stereocenters. The third-order valence-corrected chi connectivity index (χ3v) is 4.13. The maximum absolute atomic E-state index is 12.4. The third-order valence-electron chi connectivity index (χ3n) is 4.13. The molecule has 2 aromatic carbocycles. The molecule has 0 aliphatic carbocycles. The number of aromatic nitrogens is 2. The van der Waals surface area contributed by atoms with Gasteiger partial charge in [-0.15, -0.1) is 0 Å². The van der Waals surface area contributed by atoms with Crippen LogP contribution in [0.3, 0.4) is 0 Å². The average Bonchev–Trinajstić information content (AvgIpc) is 2.58. The number of carboxylic acid groups (broad SMARTS) is 1. The molecule has 0 saturated heterocycles. The summed E-state index contributed by atoms with van der Waals surface area (Å²) in [5, 5.41) is 13.1. The summed E-state index contributed by atoms with van der Waals surface area (Å²) in [5.41, 5.74) is 2.89. The van der Waals surface area contributed by atoms with Crippen LogP contribution in [0.4, 0.5) is 5.69 Å². The number of nitrogens with zero attached hydrogens (tertiary/aromatic N) is 2. The van der Waals surface area contributed by atoms with Crippen LogP contribution in [0.5, 0.6) is 0 Å². The zero-order valence-electron chi connectivity index (χ0n) is 14.6. The van der Waals surface area contributed by atoms with E-state index in [1.807, 2.05) is 19.9 Å². The van der Waals surface area contributed by atoms with E-state index in [9.17, 15) is 14.7 Å². The topological polar surface area (TPSA) is 84.2 Å². The van der Waals surface area contributed by atoms with Crippen molar-refractivity contribution in [2.45, 2.75) is 19.9 Å². The molecular weight excluding hydrogens is 502 g/mol. The minimum absolute atomic E-state index is 0. The van der Waals surface area contributed by atoms with E-state index in [4.69, 9.17) is 0 Å². The molecule has 3 rings (SSSR count). The predicted octanol–water partition coefficient (Wildman–Crippen LogP) is 2.91. The fourth-order valence-electron chi connectivity index (χ4n) is 2.88. The van der Waals surface area contributed by atoms with Gasteiger partial charge in [0.05, 0.1) is 5.56 Å². The summed E-state index contributed by atoms with van der Waals surface area (Å²) < 4.78 is 1.32. The van der Waals surface area contributed by atoms with Crippen LogP contribution >= 0.6 is 0 Å². The van der Waals surface area contributed by atoms with Gasteiger partial charge in [-0.3, -0.25) is 0 Å². The Kier molecular flexibility index (Phi) is 5.98. The number of benzene rings is 2. The Morgan fingerprint density at radius 2 is 2.00 bits per heavy atom. The van der Waals surface area contributed by atoms with Crippen LogP contribution in [0.15, 0.2) is 41.2 Å². The van der Waals surface area contributed by atoms with Crippen molar-refractivity contribution >= 4 is 22.6 Å². The summed E-state index contributed by atoms with van der Waals surface area (Å²) in [6.07, 6.45) is 2.68. The molecule has 0 saturated carbocycles. The maximum atomic E-state index is 12.4. The minimum atomic E-state index is -0.996. The fraction of sp³-hybridized carbons (Fsp3) is 0.211. The largest absolute Gasteiger partial charge is 0.478 e. The van der Waals surface area contributed by atoms with Gasteiger partial charge in [-0.1, -0.05) is 35.4 Å². The Balaban J connectivity index is 0.00000243. The minimum Gasteiger partial charge on any atom is -0.478 e. The van der Waals surface area contributed by atoms with E-state index >= 15 is 0 Å². The second-order valence-corrected chi connectivity index (χ2v) is 6.04. The molecule has 0 radical (unpaired) electrons. The number of para-hydroxylation sites is 1. The zero-order valence-corrected chi connectivity index (χ0v) is 17.5. The fourth-order valence-corrected chi connectivity index (χ4v) is 2.88. The first-order valence-corrected chi connectivity index (χ1v) is 7.86. The van der Waals surface area contributed by atoms with Crippen molar-refractivity contribution in [1.82, 2.24) is 9.55 Å². The monoisotopic (exact) mass is 520 g/mol. The zero-order chi connectivity index (χ0) is 18.1. The summed E-state index contributed by atoms with van der Waals surface area (Å²) in [7, 11) is 1.61. The molecule has 1 heterocycles. The van der Waals surface area contributed by atoms with Crippen molar-refractivity contribution in [3.8, 4) is 0 Å². The SMILES string of the molecule is Cc1cc(C(C)Nc2ccccc2C(=O)O)c2n[c-]n(C)c(=O)c2c1.[W]. The molecule has 6 nitrogen and oxygen atoms in total. The Bertz CT molecular complexity index is 1030. The molecule has 0 bridgehead atoms. The van der Waals surface area contributed by atoms with E-state index in [-0.39, 0.29) is 38.2 Å². The molecule has 26 heavy (non-hydrogen) atoms. The van der Waals surface area contributed by atoms with Gasteiger partial charge in [0.2, 0.25) is 0 Å². The first-order valence-electron chi connectivity index (χ1n) is 7.86. The number of fused-ring (bicyclic) bond motifs is 1. The van der Waals surface area contributed by atoms with Crippen LogP contribution in [-0.4, -0.2) is 20.6 Å². The quantitative estimate of drug-likeness (QED) is 0.518. The number of rotatable bonds is 4. The van der Waals surface area contributed by atoms with Crippen molar-refractivity contribution in [2.24, 2.45) is 7.05 Å². The van der Waals surface area contributed by atoms with Gasteiger partial charge >= 0.3 is 5.97 Å². The van der Waals surface area contributed by atoms with E-state index in [1.54, 1.807) is 37.4 Å². The second-order valence-electron chi connectivity index (χ2n) is 6.04. The number of anilines is 1. The van der Waals surface area contributed by atoms with Crippen LogP contribution in [-0.2, 0) is 28.1 Å². The van der Waals surface area contributed by atoms with Crippen molar-refractivity contribution in [3.63, 3.8) is 0 Å². The predicted molar refractivity (Wildman–Crippen MR) is 96.0 cm³/mol. The second kappa shape index (κ2) is 7.83. The van der Waals surface area contributed by atoms with Gasteiger partial charge in [-0.05, 0) is 43.9 Å². The normalized spacial score (nSPS) is 11.7. The van der Waals surface area contributed by atoms with E-state index in [0.717, 1.165) is 11.1 Å². The molecule has 2 N–H and O–H groups in total. The van der Waals surface area contributed by atoms with Crippen molar-refractivity contribution in [3.05, 3.63) is 69.8 Å². The van der Waals surface area contributed by atoms with Crippen LogP contribution in [0.1, 0.15) is 34.5 Å². The van der Waals surface area contributed by atoms with Crippen molar-refractivity contribution in [1.29, 1.82) is 0 Å². The first kappa shape index (κ1) is 19.9. The van der Waals surface area contributed by atoms with Gasteiger partial charge in [0.25, 0.3) is 0 Å². The Hall–Kier alpha value is -2.46. The Morgan fingerprint density at radius 3 is 2.69 bits per heavy atom. The number of aromatic carboxylic acids is 1. The molecule has 7 heteroatoms. The van der Waals surface area contributed by atoms with Crippen LogP contribution in [0.2, 0.25) is 0 Å². The molecule has 0 aliphatic rings. The number of aryl methyl sites for hydroxylation is 2. The third kappa shape index (κ3) is 3.70. The van der Waals surface area contributed by atoms with Crippen LogP contribution < -0.4 is 10.9 Å². The van der Waals surface area contributed by atoms with Gasteiger partial charge in [0.15, 0.2) is 0 Å². The summed E-state index contributed by atoms with van der Waals surface area (Å²) in [6.45, 7) is 3.82. The molecule has 3 aromatic rings.